The van der Waals surface area contributed by atoms with Crippen molar-refractivity contribution in [1.29, 1.82) is 0 Å². The summed E-state index contributed by atoms with van der Waals surface area (Å²) in [6.45, 7) is 6.38. The molecule has 0 radical (unpaired) electrons. The molecule has 3 aromatic heterocycles. The first-order valence-electron chi connectivity index (χ1n) is 14.3. The van der Waals surface area contributed by atoms with E-state index in [4.69, 9.17) is 9.72 Å². The van der Waals surface area contributed by atoms with Gasteiger partial charge in [0.25, 0.3) is 5.91 Å². The zero-order valence-corrected chi connectivity index (χ0v) is 22.9. The van der Waals surface area contributed by atoms with E-state index in [0.717, 1.165) is 73.4 Å². The van der Waals surface area contributed by atoms with Crippen LogP contribution in [-0.4, -0.2) is 77.2 Å². The number of imidazole rings is 1. The summed E-state index contributed by atoms with van der Waals surface area (Å²) in [7, 11) is 1.93. The molecular weight excluding hydrogens is 504 g/mol. The van der Waals surface area contributed by atoms with Crippen LogP contribution in [0.15, 0.2) is 53.3 Å². The van der Waals surface area contributed by atoms with Crippen molar-refractivity contribution in [2.24, 2.45) is 7.05 Å². The predicted molar refractivity (Wildman–Crippen MR) is 159 cm³/mol. The summed E-state index contributed by atoms with van der Waals surface area (Å²) in [5.41, 5.74) is 2.85. The number of pyridine rings is 2. The molecule has 0 spiro atoms. The molecule has 0 bridgehead atoms. The third-order valence-electron chi connectivity index (χ3n) is 8.43. The third kappa shape index (κ3) is 4.20. The largest absolute Gasteiger partial charge is 0.380 e. The summed E-state index contributed by atoms with van der Waals surface area (Å²) in [5.74, 6) is 0.472. The Balaban J connectivity index is 1.44. The molecular formula is C31H34N6O3. The average molecular weight is 539 g/mol. The second-order valence-corrected chi connectivity index (χ2v) is 10.9. The minimum Gasteiger partial charge on any atom is -0.380 e. The van der Waals surface area contributed by atoms with Crippen molar-refractivity contribution < 1.29 is 9.53 Å². The minimum atomic E-state index is -0.340. The molecule has 0 atom stereocenters. The Morgan fingerprint density at radius 2 is 1.73 bits per heavy atom. The molecule has 1 N–H and O–H groups in total. The van der Waals surface area contributed by atoms with Crippen molar-refractivity contribution in [2.75, 3.05) is 57.4 Å². The molecule has 2 aliphatic rings. The van der Waals surface area contributed by atoms with Crippen LogP contribution in [0.3, 0.4) is 0 Å². The topological polar surface area (TPSA) is 84.1 Å². The third-order valence-corrected chi connectivity index (χ3v) is 8.43. The van der Waals surface area contributed by atoms with E-state index < -0.39 is 0 Å². The van der Waals surface area contributed by atoms with E-state index in [-0.39, 0.29) is 16.9 Å². The lowest BCUT2D eigenvalue weighted by Gasteiger charge is -2.21. The van der Waals surface area contributed by atoms with Gasteiger partial charge in [-0.05, 0) is 67.4 Å². The van der Waals surface area contributed by atoms with Crippen molar-refractivity contribution in [3.05, 3.63) is 64.3 Å². The maximum Gasteiger partial charge on any atom is 0.259 e. The highest BCUT2D eigenvalue weighted by molar-refractivity contribution is 6.07. The van der Waals surface area contributed by atoms with E-state index in [1.54, 1.807) is 0 Å². The number of anilines is 1. The molecule has 206 valence electrons. The molecule has 5 aromatic rings. The predicted octanol–water partition coefficient (Wildman–Crippen LogP) is 3.54. The smallest absolute Gasteiger partial charge is 0.259 e. The van der Waals surface area contributed by atoms with Crippen LogP contribution in [0.2, 0.25) is 0 Å². The second-order valence-electron chi connectivity index (χ2n) is 10.9. The Labute approximate surface area is 231 Å². The van der Waals surface area contributed by atoms with Crippen LogP contribution in [0.5, 0.6) is 0 Å². The Kier molecular flexibility index (Phi) is 6.40. The SMILES string of the molecule is Cn1c2cc3ccccc3cc2n2c3nc(N4CCCOCC4)ccc3c(=O)c(C(=O)NCCN3CCCC3)c12. The molecule has 1 amide bonds. The molecule has 0 aliphatic carbocycles. The molecule has 9 nitrogen and oxygen atoms in total. The number of carbonyl (C=O) groups excluding carboxylic acids is 1. The van der Waals surface area contributed by atoms with Gasteiger partial charge in [0, 0.05) is 39.8 Å². The van der Waals surface area contributed by atoms with Crippen molar-refractivity contribution in [2.45, 2.75) is 19.3 Å². The summed E-state index contributed by atoms with van der Waals surface area (Å²) in [6.07, 6.45) is 3.32. The minimum absolute atomic E-state index is 0.161. The van der Waals surface area contributed by atoms with E-state index in [0.29, 0.717) is 29.8 Å². The van der Waals surface area contributed by atoms with Gasteiger partial charge in [0.1, 0.15) is 17.0 Å². The summed E-state index contributed by atoms with van der Waals surface area (Å²) < 4.78 is 9.63. The van der Waals surface area contributed by atoms with E-state index >= 15 is 0 Å². The Morgan fingerprint density at radius 3 is 2.52 bits per heavy atom. The summed E-state index contributed by atoms with van der Waals surface area (Å²) in [5, 5.41) is 5.68. The number of ether oxygens (including phenoxy) is 1. The van der Waals surface area contributed by atoms with Gasteiger partial charge in [-0.1, -0.05) is 24.3 Å². The lowest BCUT2D eigenvalue weighted by molar-refractivity contribution is 0.0950. The monoisotopic (exact) mass is 538 g/mol. The van der Waals surface area contributed by atoms with Crippen LogP contribution >= 0.6 is 0 Å². The van der Waals surface area contributed by atoms with Gasteiger partial charge in [0.05, 0.1) is 23.0 Å². The molecule has 9 heteroatoms. The number of aromatic nitrogens is 3. The molecule has 7 rings (SSSR count). The van der Waals surface area contributed by atoms with Crippen molar-refractivity contribution in [1.82, 2.24) is 24.2 Å². The second kappa shape index (κ2) is 10.2. The number of rotatable bonds is 5. The Bertz CT molecular complexity index is 1810. The van der Waals surface area contributed by atoms with Gasteiger partial charge in [-0.15, -0.1) is 0 Å². The number of amides is 1. The molecule has 0 unspecified atom stereocenters. The summed E-state index contributed by atoms with van der Waals surface area (Å²) >= 11 is 0. The fourth-order valence-electron chi connectivity index (χ4n) is 6.34. The van der Waals surface area contributed by atoms with Crippen LogP contribution in [-0.2, 0) is 11.8 Å². The van der Waals surface area contributed by atoms with Crippen molar-refractivity contribution in [3.8, 4) is 0 Å². The van der Waals surface area contributed by atoms with Gasteiger partial charge < -0.3 is 24.4 Å². The van der Waals surface area contributed by atoms with Gasteiger partial charge in [-0.3, -0.25) is 14.0 Å². The number of benzene rings is 2. The number of fused-ring (bicyclic) bond motifs is 6. The van der Waals surface area contributed by atoms with E-state index in [1.807, 2.05) is 40.3 Å². The van der Waals surface area contributed by atoms with E-state index in [9.17, 15) is 9.59 Å². The van der Waals surface area contributed by atoms with Crippen molar-refractivity contribution >= 4 is 50.2 Å². The number of nitrogens with one attached hydrogen (secondary N) is 1. The highest BCUT2D eigenvalue weighted by Crippen LogP contribution is 2.30. The van der Waals surface area contributed by atoms with Gasteiger partial charge >= 0.3 is 0 Å². The highest BCUT2D eigenvalue weighted by Gasteiger charge is 2.25. The maximum atomic E-state index is 14.0. The van der Waals surface area contributed by atoms with Crippen LogP contribution in [0.1, 0.15) is 29.6 Å². The molecule has 2 aliphatic heterocycles. The van der Waals surface area contributed by atoms with Crippen LogP contribution in [0.25, 0.3) is 38.5 Å². The normalized spacial score (nSPS) is 16.9. The lowest BCUT2D eigenvalue weighted by atomic mass is 10.1. The highest BCUT2D eigenvalue weighted by atomic mass is 16.5. The van der Waals surface area contributed by atoms with E-state index in [1.165, 1.54) is 12.8 Å². The molecule has 0 saturated carbocycles. The zero-order valence-electron chi connectivity index (χ0n) is 22.9. The van der Waals surface area contributed by atoms with Gasteiger partial charge in [-0.25, -0.2) is 4.98 Å². The molecule has 40 heavy (non-hydrogen) atoms. The van der Waals surface area contributed by atoms with E-state index in [2.05, 4.69) is 39.4 Å². The number of likely N-dealkylation sites (tertiary alicyclic amines) is 1. The average Bonchev–Trinajstić information content (AvgIpc) is 3.48. The number of hydrogen-bond acceptors (Lipinski definition) is 6. The summed E-state index contributed by atoms with van der Waals surface area (Å²) in [6, 6.07) is 16.2. The molecule has 2 fully saturated rings. The Hall–Kier alpha value is -3.95. The number of carbonyl (C=O) groups is 1. The summed E-state index contributed by atoms with van der Waals surface area (Å²) in [4.78, 5) is 37.4. The fraction of sp³-hybridized carbons (Fsp3) is 0.387. The fourth-order valence-corrected chi connectivity index (χ4v) is 6.34. The Morgan fingerprint density at radius 1 is 0.950 bits per heavy atom. The zero-order chi connectivity index (χ0) is 27.2. The first-order chi connectivity index (χ1) is 19.6. The number of hydrogen-bond donors (Lipinski definition) is 1. The number of nitrogens with zero attached hydrogens (tertiary/aromatic N) is 5. The van der Waals surface area contributed by atoms with Crippen LogP contribution in [0, 0.1) is 0 Å². The van der Waals surface area contributed by atoms with Crippen LogP contribution < -0.4 is 15.6 Å². The molecule has 5 heterocycles. The standard InChI is InChI=1S/C31H34N6O3/c1-34-24-19-21-7-2-3-8-22(21)20-25(24)37-29-23(9-10-26(33-29)36-14-6-17-40-18-16-36)28(38)27(31(34)37)30(39)32-11-15-35-12-4-5-13-35/h2-3,7-10,19-20H,4-6,11-18H2,1H3,(H,32,39). The van der Waals surface area contributed by atoms with Crippen LogP contribution in [0.4, 0.5) is 5.82 Å². The van der Waals surface area contributed by atoms with Gasteiger partial charge in [0.15, 0.2) is 5.65 Å². The first kappa shape index (κ1) is 25.0. The quantitative estimate of drug-likeness (QED) is 0.369. The lowest BCUT2D eigenvalue weighted by Crippen LogP contribution is -2.36. The van der Waals surface area contributed by atoms with Gasteiger partial charge in [-0.2, -0.15) is 0 Å². The molecule has 2 aromatic carbocycles. The van der Waals surface area contributed by atoms with Crippen molar-refractivity contribution in [3.63, 3.8) is 0 Å². The first-order valence-corrected chi connectivity index (χ1v) is 14.3. The number of aryl methyl sites for hydroxylation is 1. The van der Waals surface area contributed by atoms with Gasteiger partial charge in [0.2, 0.25) is 5.43 Å². The maximum absolute atomic E-state index is 14.0. The molecule has 2 saturated heterocycles.